The first-order valence-corrected chi connectivity index (χ1v) is 7.77. The molecule has 1 aromatic heterocycles. The highest BCUT2D eigenvalue weighted by Crippen LogP contribution is 2.31. The predicted octanol–water partition coefficient (Wildman–Crippen LogP) is 3.82. The van der Waals surface area contributed by atoms with Crippen molar-refractivity contribution in [2.24, 2.45) is 12.8 Å². The van der Waals surface area contributed by atoms with Crippen molar-refractivity contribution in [2.75, 3.05) is 0 Å². The molecule has 0 amide bonds. The van der Waals surface area contributed by atoms with Crippen molar-refractivity contribution >= 4 is 27.5 Å². The van der Waals surface area contributed by atoms with E-state index in [-0.39, 0.29) is 0 Å². The molecule has 0 bridgehead atoms. The van der Waals surface area contributed by atoms with Crippen LogP contribution in [0.25, 0.3) is 0 Å². The fraction of sp³-hybridized carbons (Fsp3) is 0.400. The third-order valence-electron chi connectivity index (χ3n) is 3.48. The molecule has 20 heavy (non-hydrogen) atoms. The average molecular weight is 357 g/mol. The third kappa shape index (κ3) is 3.25. The third-order valence-corrected chi connectivity index (χ3v) is 4.29. The number of nitrogens with zero attached hydrogens (tertiary/aromatic N) is 2. The quantitative estimate of drug-likeness (QED) is 0.905. The molecule has 3 nitrogen and oxygen atoms in total. The highest BCUT2D eigenvalue weighted by Gasteiger charge is 2.26. The Kier molecular flexibility index (Phi) is 4.57. The van der Waals surface area contributed by atoms with Crippen LogP contribution in [0, 0.1) is 0 Å². The fourth-order valence-electron chi connectivity index (χ4n) is 2.33. The van der Waals surface area contributed by atoms with Gasteiger partial charge in [-0.1, -0.05) is 40.5 Å². The van der Waals surface area contributed by atoms with Gasteiger partial charge in [0.25, 0.3) is 0 Å². The van der Waals surface area contributed by atoms with Gasteiger partial charge in [-0.15, -0.1) is 0 Å². The molecule has 1 unspecified atom stereocenters. The predicted molar refractivity (Wildman–Crippen MR) is 87.0 cm³/mol. The lowest BCUT2D eigenvalue weighted by Gasteiger charge is -2.26. The van der Waals surface area contributed by atoms with Crippen molar-refractivity contribution in [3.05, 3.63) is 50.7 Å². The first-order valence-electron chi connectivity index (χ1n) is 6.59. The van der Waals surface area contributed by atoms with Gasteiger partial charge in [0.1, 0.15) is 0 Å². The summed E-state index contributed by atoms with van der Waals surface area (Å²) in [5, 5.41) is 5.15. The van der Waals surface area contributed by atoms with Crippen LogP contribution in [-0.4, -0.2) is 9.78 Å². The smallest absolute Gasteiger partial charge is 0.0624 e. The summed E-state index contributed by atoms with van der Waals surface area (Å²) in [7, 11) is 1.95. The fourth-order valence-corrected chi connectivity index (χ4v) is 3.22. The largest absolute Gasteiger partial charge is 0.321 e. The Bertz CT molecular complexity index is 620. The van der Waals surface area contributed by atoms with Gasteiger partial charge in [-0.25, -0.2) is 0 Å². The molecule has 2 N–H and O–H groups in total. The maximum atomic E-state index is 6.50. The summed E-state index contributed by atoms with van der Waals surface area (Å²) >= 11 is 9.73. The second kappa shape index (κ2) is 5.88. The second-order valence-corrected chi connectivity index (χ2v) is 6.65. The number of nitrogens with two attached hydrogens (primary N) is 1. The number of hydrogen-bond acceptors (Lipinski definition) is 2. The van der Waals surface area contributed by atoms with E-state index in [9.17, 15) is 0 Å². The van der Waals surface area contributed by atoms with Gasteiger partial charge in [-0.05, 0) is 37.1 Å². The van der Waals surface area contributed by atoms with Gasteiger partial charge in [0, 0.05) is 34.2 Å². The number of aromatic nitrogens is 2. The first kappa shape index (κ1) is 15.5. The van der Waals surface area contributed by atoms with Crippen LogP contribution in [-0.2, 0) is 25.4 Å². The maximum Gasteiger partial charge on any atom is 0.0624 e. The van der Waals surface area contributed by atoms with E-state index in [1.54, 1.807) is 0 Å². The Hall–Kier alpha value is -0.840. The molecule has 0 aliphatic rings. The van der Waals surface area contributed by atoms with Crippen LogP contribution in [0.4, 0.5) is 0 Å². The minimum absolute atomic E-state index is 0.531. The molecular weight excluding hydrogens is 338 g/mol. The minimum atomic E-state index is -0.531. The van der Waals surface area contributed by atoms with Crippen molar-refractivity contribution in [3.63, 3.8) is 0 Å². The van der Waals surface area contributed by atoms with Gasteiger partial charge in [0.15, 0.2) is 0 Å². The Morgan fingerprint density at radius 3 is 2.65 bits per heavy atom. The zero-order valence-electron chi connectivity index (χ0n) is 12.0. The Morgan fingerprint density at radius 2 is 2.10 bits per heavy atom. The molecule has 1 aromatic carbocycles. The summed E-state index contributed by atoms with van der Waals surface area (Å²) in [6.07, 6.45) is 1.62. The molecule has 0 spiro atoms. The Labute approximate surface area is 133 Å². The SMILES string of the molecule is CCc1cc(CC(C)(N)c2ccc(Br)cc2Cl)n(C)n1. The first-order chi connectivity index (χ1) is 9.33. The molecule has 0 aliphatic carbocycles. The zero-order chi connectivity index (χ0) is 14.9. The highest BCUT2D eigenvalue weighted by atomic mass is 79.9. The molecule has 0 fully saturated rings. The average Bonchev–Trinajstić information content (AvgIpc) is 2.69. The van der Waals surface area contributed by atoms with Gasteiger partial charge in [-0.2, -0.15) is 5.10 Å². The normalized spacial score (nSPS) is 14.3. The highest BCUT2D eigenvalue weighted by molar-refractivity contribution is 9.10. The molecule has 2 aromatic rings. The van der Waals surface area contributed by atoms with E-state index in [2.05, 4.69) is 34.0 Å². The standard InChI is InChI=1S/C15H19BrClN3/c1-4-11-8-12(20(3)19-11)9-15(2,18)13-6-5-10(16)7-14(13)17/h5-8H,4,9,18H2,1-3H3. The second-order valence-electron chi connectivity index (χ2n) is 5.32. The van der Waals surface area contributed by atoms with Crippen LogP contribution >= 0.6 is 27.5 Å². The van der Waals surface area contributed by atoms with E-state index >= 15 is 0 Å². The Balaban J connectivity index is 2.32. The van der Waals surface area contributed by atoms with Crippen LogP contribution in [0.2, 0.25) is 5.02 Å². The van der Waals surface area contributed by atoms with Gasteiger partial charge in [-0.3, -0.25) is 4.68 Å². The zero-order valence-corrected chi connectivity index (χ0v) is 14.3. The van der Waals surface area contributed by atoms with Crippen molar-refractivity contribution in [1.29, 1.82) is 0 Å². The number of benzene rings is 1. The summed E-state index contributed by atoms with van der Waals surface area (Å²) < 4.78 is 2.85. The number of halogens is 2. The summed E-state index contributed by atoms with van der Waals surface area (Å²) in [5.41, 5.74) is 9.11. The van der Waals surface area contributed by atoms with E-state index < -0.39 is 5.54 Å². The van der Waals surface area contributed by atoms with Crippen molar-refractivity contribution in [2.45, 2.75) is 32.2 Å². The summed E-state index contributed by atoms with van der Waals surface area (Å²) in [4.78, 5) is 0. The molecule has 108 valence electrons. The van der Waals surface area contributed by atoms with E-state index in [0.29, 0.717) is 11.4 Å². The maximum absolute atomic E-state index is 6.50. The molecule has 0 saturated carbocycles. The summed E-state index contributed by atoms with van der Waals surface area (Å²) in [6.45, 7) is 4.10. The van der Waals surface area contributed by atoms with Gasteiger partial charge < -0.3 is 5.73 Å². The molecule has 1 heterocycles. The van der Waals surface area contributed by atoms with Crippen LogP contribution in [0.3, 0.4) is 0 Å². The Morgan fingerprint density at radius 1 is 1.40 bits per heavy atom. The van der Waals surface area contributed by atoms with Crippen molar-refractivity contribution in [1.82, 2.24) is 9.78 Å². The molecular formula is C15H19BrClN3. The molecule has 0 saturated heterocycles. The lowest BCUT2D eigenvalue weighted by atomic mass is 9.88. The van der Waals surface area contributed by atoms with Crippen LogP contribution in [0.5, 0.6) is 0 Å². The van der Waals surface area contributed by atoms with Crippen molar-refractivity contribution < 1.29 is 0 Å². The monoisotopic (exact) mass is 355 g/mol. The van der Waals surface area contributed by atoms with Crippen LogP contribution in [0.1, 0.15) is 30.8 Å². The topological polar surface area (TPSA) is 43.8 Å². The number of rotatable bonds is 4. The lowest BCUT2D eigenvalue weighted by Crippen LogP contribution is -2.36. The van der Waals surface area contributed by atoms with Gasteiger partial charge in [0.05, 0.1) is 5.69 Å². The minimum Gasteiger partial charge on any atom is -0.321 e. The van der Waals surface area contributed by atoms with E-state index in [0.717, 1.165) is 27.8 Å². The van der Waals surface area contributed by atoms with Crippen LogP contribution < -0.4 is 5.73 Å². The molecule has 5 heteroatoms. The summed E-state index contributed by atoms with van der Waals surface area (Å²) in [5.74, 6) is 0. The van der Waals surface area contributed by atoms with E-state index in [4.69, 9.17) is 17.3 Å². The lowest BCUT2D eigenvalue weighted by molar-refractivity contribution is 0.472. The number of hydrogen-bond donors (Lipinski definition) is 1. The van der Waals surface area contributed by atoms with E-state index in [1.165, 1.54) is 0 Å². The van der Waals surface area contributed by atoms with Gasteiger partial charge in [0.2, 0.25) is 0 Å². The van der Waals surface area contributed by atoms with E-state index in [1.807, 2.05) is 36.9 Å². The number of aryl methyl sites for hydroxylation is 2. The van der Waals surface area contributed by atoms with Crippen LogP contribution in [0.15, 0.2) is 28.7 Å². The molecule has 0 aliphatic heterocycles. The molecule has 2 rings (SSSR count). The van der Waals surface area contributed by atoms with Gasteiger partial charge >= 0.3 is 0 Å². The van der Waals surface area contributed by atoms with Crippen molar-refractivity contribution in [3.8, 4) is 0 Å². The molecule has 1 atom stereocenters. The molecule has 0 radical (unpaired) electrons. The summed E-state index contributed by atoms with van der Waals surface area (Å²) in [6, 6.07) is 7.93.